The predicted molar refractivity (Wildman–Crippen MR) is 47.7 cm³/mol. The van der Waals surface area contributed by atoms with E-state index >= 15 is 0 Å². The van der Waals surface area contributed by atoms with E-state index < -0.39 is 12.0 Å². The van der Waals surface area contributed by atoms with Crippen molar-refractivity contribution in [2.75, 3.05) is 0 Å². The van der Waals surface area contributed by atoms with Crippen LogP contribution in [0.1, 0.15) is 40.0 Å². The topological polar surface area (TPSA) is 20.2 Å². The van der Waals surface area contributed by atoms with Gasteiger partial charge in [0.2, 0.25) is 5.92 Å². The molecule has 13 heavy (non-hydrogen) atoms. The van der Waals surface area contributed by atoms with Crippen molar-refractivity contribution in [1.29, 1.82) is 0 Å². The van der Waals surface area contributed by atoms with E-state index in [1.807, 2.05) is 20.8 Å². The highest BCUT2D eigenvalue weighted by Gasteiger charge is 2.45. The Balaban J connectivity index is 2.72. The molecule has 1 aliphatic carbocycles. The quantitative estimate of drug-likeness (QED) is 0.625. The van der Waals surface area contributed by atoms with Crippen molar-refractivity contribution in [3.05, 3.63) is 0 Å². The zero-order chi connectivity index (χ0) is 10.3. The van der Waals surface area contributed by atoms with Crippen LogP contribution in [0.25, 0.3) is 0 Å². The van der Waals surface area contributed by atoms with Gasteiger partial charge in [-0.05, 0) is 17.8 Å². The zero-order valence-corrected chi connectivity index (χ0v) is 8.48. The molecule has 0 aromatic rings. The Kier molecular flexibility index (Phi) is 2.68. The predicted octanol–water partition coefficient (Wildman–Crippen LogP) is 2.83. The molecule has 78 valence electrons. The van der Waals surface area contributed by atoms with Crippen LogP contribution in [-0.2, 0) is 0 Å². The second kappa shape index (κ2) is 3.19. The molecule has 0 bridgehead atoms. The van der Waals surface area contributed by atoms with Gasteiger partial charge >= 0.3 is 0 Å². The zero-order valence-electron chi connectivity index (χ0n) is 8.48. The molecule has 0 amide bonds. The fourth-order valence-corrected chi connectivity index (χ4v) is 2.00. The minimum absolute atomic E-state index is 0.166. The lowest BCUT2D eigenvalue weighted by Gasteiger charge is -2.40. The maximum atomic E-state index is 13.0. The molecule has 1 aliphatic rings. The molecule has 1 rings (SSSR count). The van der Waals surface area contributed by atoms with E-state index in [2.05, 4.69) is 0 Å². The minimum atomic E-state index is -2.57. The number of hydrogen-bond donors (Lipinski definition) is 1. The molecule has 0 aliphatic heterocycles. The number of alkyl halides is 2. The van der Waals surface area contributed by atoms with E-state index in [9.17, 15) is 13.9 Å². The molecular weight excluding hydrogens is 174 g/mol. The molecule has 0 unspecified atom stereocenters. The van der Waals surface area contributed by atoms with Crippen molar-refractivity contribution in [1.82, 2.24) is 0 Å². The number of aliphatic hydroxyl groups excluding tert-OH is 1. The molecule has 0 spiro atoms. The average molecular weight is 192 g/mol. The Morgan fingerprint density at radius 1 is 1.31 bits per heavy atom. The third kappa shape index (κ3) is 2.63. The summed E-state index contributed by atoms with van der Waals surface area (Å²) >= 11 is 0. The Morgan fingerprint density at radius 2 is 1.85 bits per heavy atom. The summed E-state index contributed by atoms with van der Waals surface area (Å²) in [6.45, 7) is 5.72. The first-order chi connectivity index (χ1) is 5.72. The van der Waals surface area contributed by atoms with Gasteiger partial charge in [0.15, 0.2) is 0 Å². The minimum Gasteiger partial charge on any atom is -0.393 e. The Labute approximate surface area is 78.1 Å². The van der Waals surface area contributed by atoms with Gasteiger partial charge in [-0.1, -0.05) is 20.8 Å². The standard InChI is InChI=1S/C10H18F2O/c1-9(2,3)7-6-10(11,12)5-4-8(7)13/h7-8,13H,4-6H2,1-3H3/t7-,8-/m0/s1. The van der Waals surface area contributed by atoms with Crippen molar-refractivity contribution in [2.45, 2.75) is 52.1 Å². The monoisotopic (exact) mass is 192 g/mol. The first-order valence-corrected chi connectivity index (χ1v) is 4.78. The van der Waals surface area contributed by atoms with Crippen LogP contribution in [0.4, 0.5) is 8.78 Å². The summed E-state index contributed by atoms with van der Waals surface area (Å²) in [6.07, 6.45) is -0.660. The normalized spacial score (nSPS) is 34.6. The fourth-order valence-electron chi connectivity index (χ4n) is 2.00. The van der Waals surface area contributed by atoms with E-state index in [4.69, 9.17) is 0 Å². The largest absolute Gasteiger partial charge is 0.393 e. The van der Waals surface area contributed by atoms with Crippen LogP contribution in [0.15, 0.2) is 0 Å². The molecule has 0 aromatic carbocycles. The molecule has 0 aromatic heterocycles. The van der Waals surface area contributed by atoms with Crippen LogP contribution >= 0.6 is 0 Å². The molecule has 3 heteroatoms. The maximum Gasteiger partial charge on any atom is 0.248 e. The Hall–Kier alpha value is -0.180. The van der Waals surface area contributed by atoms with E-state index in [1.54, 1.807) is 0 Å². The highest BCUT2D eigenvalue weighted by Crippen LogP contribution is 2.44. The van der Waals surface area contributed by atoms with Crippen LogP contribution in [-0.4, -0.2) is 17.1 Å². The van der Waals surface area contributed by atoms with Crippen LogP contribution in [0.3, 0.4) is 0 Å². The van der Waals surface area contributed by atoms with Crippen molar-refractivity contribution in [2.24, 2.45) is 11.3 Å². The third-order valence-corrected chi connectivity index (χ3v) is 2.90. The average Bonchev–Trinajstić information content (AvgIpc) is 1.92. The first-order valence-electron chi connectivity index (χ1n) is 4.78. The van der Waals surface area contributed by atoms with Crippen molar-refractivity contribution in [3.63, 3.8) is 0 Å². The molecule has 0 heterocycles. The molecule has 0 saturated heterocycles. The highest BCUT2D eigenvalue weighted by molar-refractivity contribution is 4.90. The summed E-state index contributed by atoms with van der Waals surface area (Å²) in [7, 11) is 0. The van der Waals surface area contributed by atoms with Crippen molar-refractivity contribution >= 4 is 0 Å². The summed E-state index contributed by atoms with van der Waals surface area (Å²) in [6, 6.07) is 0. The number of halogens is 2. The van der Waals surface area contributed by atoms with Crippen LogP contribution < -0.4 is 0 Å². The number of hydrogen-bond acceptors (Lipinski definition) is 1. The third-order valence-electron chi connectivity index (χ3n) is 2.90. The molecule has 2 atom stereocenters. The maximum absolute atomic E-state index is 13.0. The van der Waals surface area contributed by atoms with Gasteiger partial charge < -0.3 is 5.11 Å². The van der Waals surface area contributed by atoms with Gasteiger partial charge in [-0.15, -0.1) is 0 Å². The summed E-state index contributed by atoms with van der Waals surface area (Å²) in [5, 5.41) is 9.60. The molecule has 0 radical (unpaired) electrons. The molecular formula is C10H18F2O. The Bertz CT molecular complexity index is 184. The first kappa shape index (κ1) is 10.9. The number of rotatable bonds is 0. The van der Waals surface area contributed by atoms with Gasteiger partial charge in [0.05, 0.1) is 6.10 Å². The molecule has 1 saturated carbocycles. The van der Waals surface area contributed by atoms with E-state index in [0.717, 1.165) is 0 Å². The fraction of sp³-hybridized carbons (Fsp3) is 1.00. The van der Waals surface area contributed by atoms with E-state index in [0.29, 0.717) is 0 Å². The lowest BCUT2D eigenvalue weighted by molar-refractivity contribution is -0.116. The van der Waals surface area contributed by atoms with Gasteiger partial charge in [-0.25, -0.2) is 8.78 Å². The highest BCUT2D eigenvalue weighted by atomic mass is 19.3. The van der Waals surface area contributed by atoms with Gasteiger partial charge in [0, 0.05) is 12.8 Å². The lowest BCUT2D eigenvalue weighted by Crippen LogP contribution is -2.42. The summed E-state index contributed by atoms with van der Waals surface area (Å²) in [5.41, 5.74) is -0.233. The van der Waals surface area contributed by atoms with Crippen molar-refractivity contribution < 1.29 is 13.9 Å². The van der Waals surface area contributed by atoms with Crippen LogP contribution in [0.5, 0.6) is 0 Å². The number of aliphatic hydroxyl groups is 1. The van der Waals surface area contributed by atoms with Gasteiger partial charge in [-0.3, -0.25) is 0 Å². The van der Waals surface area contributed by atoms with E-state index in [-0.39, 0.29) is 30.6 Å². The summed E-state index contributed by atoms with van der Waals surface area (Å²) < 4.78 is 26.1. The smallest absolute Gasteiger partial charge is 0.248 e. The second-order valence-corrected chi connectivity index (χ2v) is 5.14. The van der Waals surface area contributed by atoms with Crippen LogP contribution in [0, 0.1) is 11.3 Å². The molecule has 1 nitrogen and oxygen atoms in total. The van der Waals surface area contributed by atoms with Gasteiger partial charge in [0.1, 0.15) is 0 Å². The SMILES string of the molecule is CC(C)(C)[C@H]1CC(F)(F)CC[C@@H]1O. The summed E-state index contributed by atoms with van der Waals surface area (Å²) in [5.74, 6) is -2.85. The van der Waals surface area contributed by atoms with Gasteiger partial charge in [0.25, 0.3) is 0 Å². The summed E-state index contributed by atoms with van der Waals surface area (Å²) in [4.78, 5) is 0. The van der Waals surface area contributed by atoms with Gasteiger partial charge in [-0.2, -0.15) is 0 Å². The van der Waals surface area contributed by atoms with Crippen LogP contribution in [0.2, 0.25) is 0 Å². The lowest BCUT2D eigenvalue weighted by atomic mass is 9.69. The van der Waals surface area contributed by atoms with E-state index in [1.165, 1.54) is 0 Å². The molecule has 1 fully saturated rings. The molecule has 1 N–H and O–H groups in total. The van der Waals surface area contributed by atoms with Crippen molar-refractivity contribution in [3.8, 4) is 0 Å². The Morgan fingerprint density at radius 3 is 2.23 bits per heavy atom. The second-order valence-electron chi connectivity index (χ2n) is 5.14.